The Morgan fingerprint density at radius 1 is 1.39 bits per heavy atom. The fraction of sp³-hybridized carbons (Fsp3) is 0.333. The highest BCUT2D eigenvalue weighted by molar-refractivity contribution is 7.17. The van der Waals surface area contributed by atoms with Crippen molar-refractivity contribution in [1.29, 1.82) is 0 Å². The molecule has 10 heteroatoms. The number of aryl methyl sites for hydroxylation is 1. The number of nitrogens with zero attached hydrogens (tertiary/aromatic N) is 5. The summed E-state index contributed by atoms with van der Waals surface area (Å²) in [6, 6.07) is 3.76. The summed E-state index contributed by atoms with van der Waals surface area (Å²) >= 11 is 1.36. The summed E-state index contributed by atoms with van der Waals surface area (Å²) in [6.07, 6.45) is 6.27. The number of hydrogen-bond donors (Lipinski definition) is 2. The minimum absolute atomic E-state index is 0.0812. The van der Waals surface area contributed by atoms with E-state index in [2.05, 4.69) is 30.5 Å². The summed E-state index contributed by atoms with van der Waals surface area (Å²) in [6.45, 7) is 2.84. The van der Waals surface area contributed by atoms with Crippen molar-refractivity contribution in [3.63, 3.8) is 0 Å². The minimum atomic E-state index is -0.283. The predicted octanol–water partition coefficient (Wildman–Crippen LogP) is 2.12. The lowest BCUT2D eigenvalue weighted by Gasteiger charge is -2.31. The molecule has 9 nitrogen and oxygen atoms in total. The number of likely N-dealkylation sites (tertiary alicyclic amines) is 1. The zero-order valence-electron chi connectivity index (χ0n) is 15.3. The lowest BCUT2D eigenvalue weighted by atomic mass is 9.97. The van der Waals surface area contributed by atoms with Crippen molar-refractivity contribution >= 4 is 29.1 Å². The van der Waals surface area contributed by atoms with Gasteiger partial charge in [0, 0.05) is 31.0 Å². The standard InChI is InChI=1S/C18H19N7O2S/c1-11-14(28-16(22-11)12-4-2-6-19-8-12)17(27)25-7-3-5-13(9-25)15(26)23-18-20-10-21-24-18/h2,4,6,8,10,13H,3,5,7,9H2,1H3,(H2,20,21,23,24,26). The number of aromatic amines is 1. The van der Waals surface area contributed by atoms with E-state index in [1.165, 1.54) is 17.7 Å². The first-order valence-electron chi connectivity index (χ1n) is 8.95. The number of thiazole rings is 1. The first-order chi connectivity index (χ1) is 13.6. The van der Waals surface area contributed by atoms with Crippen molar-refractivity contribution in [3.8, 4) is 10.6 Å². The van der Waals surface area contributed by atoms with E-state index in [-0.39, 0.29) is 17.7 Å². The third-order valence-corrected chi connectivity index (χ3v) is 5.83. The van der Waals surface area contributed by atoms with Gasteiger partial charge in [0.2, 0.25) is 11.9 Å². The average molecular weight is 397 g/mol. The Bertz CT molecular complexity index is 971. The van der Waals surface area contributed by atoms with Crippen LogP contribution in [0.1, 0.15) is 28.2 Å². The number of amides is 2. The maximum Gasteiger partial charge on any atom is 0.265 e. The monoisotopic (exact) mass is 397 g/mol. The minimum Gasteiger partial charge on any atom is -0.337 e. The summed E-state index contributed by atoms with van der Waals surface area (Å²) in [5, 5.41) is 9.80. The molecule has 4 heterocycles. The predicted molar refractivity (Wildman–Crippen MR) is 104 cm³/mol. The van der Waals surface area contributed by atoms with E-state index in [0.29, 0.717) is 29.6 Å². The van der Waals surface area contributed by atoms with E-state index in [0.717, 1.165) is 23.4 Å². The Labute approximate surface area is 165 Å². The van der Waals surface area contributed by atoms with Crippen LogP contribution >= 0.6 is 11.3 Å². The van der Waals surface area contributed by atoms with Crippen LogP contribution in [0.4, 0.5) is 5.95 Å². The quantitative estimate of drug-likeness (QED) is 0.696. The molecule has 2 N–H and O–H groups in total. The van der Waals surface area contributed by atoms with E-state index >= 15 is 0 Å². The summed E-state index contributed by atoms with van der Waals surface area (Å²) in [4.78, 5) is 40.4. The summed E-state index contributed by atoms with van der Waals surface area (Å²) in [5.41, 5.74) is 1.58. The van der Waals surface area contributed by atoms with Gasteiger partial charge in [-0.3, -0.25) is 19.9 Å². The molecule has 2 amide bonds. The maximum atomic E-state index is 13.1. The molecule has 4 rings (SSSR count). The van der Waals surface area contributed by atoms with Crippen LogP contribution in [0.3, 0.4) is 0 Å². The van der Waals surface area contributed by atoms with Crippen LogP contribution in [0.2, 0.25) is 0 Å². The van der Waals surface area contributed by atoms with Gasteiger partial charge in [-0.15, -0.1) is 11.3 Å². The summed E-state index contributed by atoms with van der Waals surface area (Å²) < 4.78 is 0. The van der Waals surface area contributed by atoms with Gasteiger partial charge in [0.25, 0.3) is 5.91 Å². The van der Waals surface area contributed by atoms with Gasteiger partial charge in [-0.05, 0) is 31.9 Å². The molecule has 0 radical (unpaired) electrons. The van der Waals surface area contributed by atoms with Gasteiger partial charge in [-0.1, -0.05) is 0 Å². The summed E-state index contributed by atoms with van der Waals surface area (Å²) in [7, 11) is 0. The number of hydrogen-bond acceptors (Lipinski definition) is 7. The molecule has 1 saturated heterocycles. The van der Waals surface area contributed by atoms with E-state index in [1.807, 2.05) is 19.1 Å². The average Bonchev–Trinajstić information content (AvgIpc) is 3.38. The molecule has 0 saturated carbocycles. The fourth-order valence-corrected chi connectivity index (χ4v) is 4.24. The molecule has 1 unspecified atom stereocenters. The molecule has 3 aromatic heterocycles. The number of carbonyl (C=O) groups excluding carboxylic acids is 2. The normalized spacial score (nSPS) is 16.8. The van der Waals surface area contributed by atoms with Crippen molar-refractivity contribution in [2.24, 2.45) is 5.92 Å². The molecule has 144 valence electrons. The third kappa shape index (κ3) is 3.77. The van der Waals surface area contributed by atoms with Crippen molar-refractivity contribution < 1.29 is 9.59 Å². The molecule has 28 heavy (non-hydrogen) atoms. The number of nitrogens with one attached hydrogen (secondary N) is 2. The number of pyridine rings is 1. The number of piperidine rings is 1. The number of carbonyl (C=O) groups is 2. The van der Waals surface area contributed by atoms with Crippen LogP contribution in [0.25, 0.3) is 10.6 Å². The van der Waals surface area contributed by atoms with Gasteiger partial charge in [-0.25, -0.2) is 10.1 Å². The molecule has 1 aliphatic rings. The molecule has 1 aliphatic heterocycles. The van der Waals surface area contributed by atoms with Crippen molar-refractivity contribution in [2.75, 3.05) is 18.4 Å². The van der Waals surface area contributed by atoms with Crippen molar-refractivity contribution in [1.82, 2.24) is 30.0 Å². The molecule has 0 aromatic carbocycles. The molecular formula is C18H19N7O2S. The summed E-state index contributed by atoms with van der Waals surface area (Å²) in [5.74, 6) is -0.213. The third-order valence-electron chi connectivity index (χ3n) is 4.64. The number of H-pyrrole nitrogens is 1. The molecule has 3 aromatic rings. The van der Waals surface area contributed by atoms with Crippen LogP contribution < -0.4 is 5.32 Å². The van der Waals surface area contributed by atoms with Crippen molar-refractivity contribution in [3.05, 3.63) is 41.4 Å². The SMILES string of the molecule is Cc1nc(-c2cccnc2)sc1C(=O)N1CCCC(C(=O)Nc2ncn[nH]2)C1. The highest BCUT2D eigenvalue weighted by Crippen LogP contribution is 2.29. The largest absolute Gasteiger partial charge is 0.337 e. The van der Waals surface area contributed by atoms with Gasteiger partial charge in [0.15, 0.2) is 0 Å². The Morgan fingerprint density at radius 2 is 2.29 bits per heavy atom. The second-order valence-corrected chi connectivity index (χ2v) is 7.59. The number of anilines is 1. The zero-order valence-corrected chi connectivity index (χ0v) is 16.1. The van der Waals surface area contributed by atoms with Gasteiger partial charge in [0.05, 0.1) is 11.6 Å². The Hall–Kier alpha value is -3.14. The Morgan fingerprint density at radius 3 is 3.04 bits per heavy atom. The van der Waals surface area contributed by atoms with Gasteiger partial charge >= 0.3 is 0 Å². The first kappa shape index (κ1) is 18.2. The molecule has 0 spiro atoms. The Kier molecular flexibility index (Phi) is 5.11. The smallest absolute Gasteiger partial charge is 0.265 e. The highest BCUT2D eigenvalue weighted by atomic mass is 32.1. The van der Waals surface area contributed by atoms with Gasteiger partial charge < -0.3 is 4.90 Å². The lowest BCUT2D eigenvalue weighted by Crippen LogP contribution is -2.43. The van der Waals surface area contributed by atoms with E-state index < -0.39 is 0 Å². The molecule has 1 atom stereocenters. The van der Waals surface area contributed by atoms with E-state index in [1.54, 1.807) is 17.3 Å². The second-order valence-electron chi connectivity index (χ2n) is 6.59. The van der Waals surface area contributed by atoms with Crippen LogP contribution in [-0.4, -0.2) is 55.0 Å². The topological polar surface area (TPSA) is 117 Å². The van der Waals surface area contributed by atoms with E-state index in [4.69, 9.17) is 0 Å². The van der Waals surface area contributed by atoms with Crippen LogP contribution in [-0.2, 0) is 4.79 Å². The lowest BCUT2D eigenvalue weighted by molar-refractivity contribution is -0.121. The first-order valence-corrected chi connectivity index (χ1v) is 9.77. The van der Waals surface area contributed by atoms with Crippen molar-refractivity contribution in [2.45, 2.75) is 19.8 Å². The zero-order chi connectivity index (χ0) is 19.5. The fourth-order valence-electron chi connectivity index (χ4n) is 3.21. The highest BCUT2D eigenvalue weighted by Gasteiger charge is 2.31. The second kappa shape index (κ2) is 7.85. The van der Waals surface area contributed by atoms with Crippen LogP contribution in [0, 0.1) is 12.8 Å². The molecule has 0 aliphatic carbocycles. The molecule has 0 bridgehead atoms. The molecule has 1 fully saturated rings. The molecular weight excluding hydrogens is 378 g/mol. The number of rotatable bonds is 4. The van der Waals surface area contributed by atoms with Crippen LogP contribution in [0.5, 0.6) is 0 Å². The van der Waals surface area contributed by atoms with Crippen LogP contribution in [0.15, 0.2) is 30.9 Å². The van der Waals surface area contributed by atoms with E-state index in [9.17, 15) is 9.59 Å². The number of aromatic nitrogens is 5. The maximum absolute atomic E-state index is 13.1. The van der Waals surface area contributed by atoms with Gasteiger partial charge in [-0.2, -0.15) is 10.1 Å². The van der Waals surface area contributed by atoms with Gasteiger partial charge in [0.1, 0.15) is 16.2 Å². The Balaban J connectivity index is 1.47.